The highest BCUT2D eigenvalue weighted by Gasteiger charge is 2.12. The zero-order valence-electron chi connectivity index (χ0n) is 15.4. The van der Waals surface area contributed by atoms with Crippen LogP contribution in [0, 0.1) is 0 Å². The van der Waals surface area contributed by atoms with Gasteiger partial charge in [0.1, 0.15) is 17.7 Å². The Bertz CT molecular complexity index is 984. The van der Waals surface area contributed by atoms with Crippen LogP contribution in [-0.4, -0.2) is 38.1 Å². The molecule has 1 aromatic carbocycles. The van der Waals surface area contributed by atoms with Crippen molar-refractivity contribution in [1.29, 1.82) is 0 Å². The lowest BCUT2D eigenvalue weighted by Gasteiger charge is -2.07. The van der Waals surface area contributed by atoms with Crippen molar-refractivity contribution in [1.82, 2.24) is 25.1 Å². The maximum atomic E-state index is 12.3. The summed E-state index contributed by atoms with van der Waals surface area (Å²) >= 11 is 0. The zero-order chi connectivity index (χ0) is 19.9. The molecular weight excluding hydrogens is 358 g/mol. The Morgan fingerprint density at radius 2 is 2.07 bits per heavy atom. The van der Waals surface area contributed by atoms with Crippen LogP contribution in [-0.2, 0) is 6.54 Å². The van der Waals surface area contributed by atoms with E-state index >= 15 is 0 Å². The number of benzene rings is 1. The lowest BCUT2D eigenvalue weighted by atomic mass is 10.1. The van der Waals surface area contributed by atoms with Gasteiger partial charge in [-0.3, -0.25) is 14.3 Å². The summed E-state index contributed by atoms with van der Waals surface area (Å²) in [5.41, 5.74) is 7.93. The van der Waals surface area contributed by atoms with Gasteiger partial charge in [0.2, 0.25) is 0 Å². The first kappa shape index (κ1) is 19.0. The van der Waals surface area contributed by atoms with Gasteiger partial charge >= 0.3 is 0 Å². The summed E-state index contributed by atoms with van der Waals surface area (Å²) in [4.78, 5) is 32.0. The second kappa shape index (κ2) is 8.76. The van der Waals surface area contributed by atoms with Gasteiger partial charge in [-0.25, -0.2) is 9.97 Å². The van der Waals surface area contributed by atoms with Gasteiger partial charge in [-0.15, -0.1) is 0 Å². The lowest BCUT2D eigenvalue weighted by molar-refractivity contribution is 0.0952. The molecule has 3 aromatic rings. The number of hydrogen-bond acceptors (Lipinski definition) is 6. The minimum absolute atomic E-state index is 0.0974. The van der Waals surface area contributed by atoms with Crippen molar-refractivity contribution in [3.8, 4) is 0 Å². The van der Waals surface area contributed by atoms with E-state index in [-0.39, 0.29) is 17.3 Å². The summed E-state index contributed by atoms with van der Waals surface area (Å²) in [5, 5.41) is 9.81. The zero-order valence-corrected chi connectivity index (χ0v) is 15.4. The van der Waals surface area contributed by atoms with Crippen LogP contribution in [0.15, 0.2) is 49.2 Å². The monoisotopic (exact) mass is 379 g/mol. The van der Waals surface area contributed by atoms with Crippen molar-refractivity contribution < 1.29 is 9.59 Å². The van der Waals surface area contributed by atoms with Gasteiger partial charge in [0.05, 0.1) is 18.4 Å². The Labute approximate surface area is 162 Å². The van der Waals surface area contributed by atoms with Gasteiger partial charge in [-0.05, 0) is 24.1 Å². The standard InChI is InChI=1S/C19H21N7O2/c1-2-6-22-18(27)14-5-3-4-13(7-14)10-26-11-15(8-24-26)25-19(28)16-9-21-12-23-17(16)20/h3-5,7-9,11-12H,2,6,10H2,1H3,(H,22,27)(H,25,28)(H2,20,21,23). The first-order valence-corrected chi connectivity index (χ1v) is 8.83. The topological polar surface area (TPSA) is 128 Å². The fourth-order valence-corrected chi connectivity index (χ4v) is 2.57. The fraction of sp³-hybridized carbons (Fsp3) is 0.211. The molecule has 9 nitrogen and oxygen atoms in total. The third kappa shape index (κ3) is 4.70. The predicted molar refractivity (Wildman–Crippen MR) is 105 cm³/mol. The fourth-order valence-electron chi connectivity index (χ4n) is 2.57. The molecule has 0 spiro atoms. The van der Waals surface area contributed by atoms with E-state index in [0.717, 1.165) is 12.0 Å². The SMILES string of the molecule is CCCNC(=O)c1cccc(Cn2cc(NC(=O)c3cncnc3N)cn2)c1. The van der Waals surface area contributed by atoms with Crippen molar-refractivity contribution in [2.75, 3.05) is 17.6 Å². The largest absolute Gasteiger partial charge is 0.383 e. The molecule has 0 aliphatic rings. The average molecular weight is 379 g/mol. The molecule has 0 saturated carbocycles. The van der Waals surface area contributed by atoms with Crippen LogP contribution in [0.3, 0.4) is 0 Å². The predicted octanol–water partition coefficient (Wildman–Crippen LogP) is 1.70. The van der Waals surface area contributed by atoms with Crippen molar-refractivity contribution in [3.05, 3.63) is 65.9 Å². The van der Waals surface area contributed by atoms with E-state index in [1.54, 1.807) is 16.9 Å². The molecule has 2 aromatic heterocycles. The minimum Gasteiger partial charge on any atom is -0.383 e. The molecule has 4 N–H and O–H groups in total. The molecule has 0 unspecified atom stereocenters. The molecule has 9 heteroatoms. The number of nitrogens with zero attached hydrogens (tertiary/aromatic N) is 4. The highest BCUT2D eigenvalue weighted by molar-refractivity contribution is 6.06. The summed E-state index contributed by atoms with van der Waals surface area (Å²) < 4.78 is 1.67. The third-order valence-electron chi connectivity index (χ3n) is 3.95. The average Bonchev–Trinajstić information content (AvgIpc) is 3.13. The molecule has 0 saturated heterocycles. The number of amides is 2. The van der Waals surface area contributed by atoms with E-state index in [1.807, 2.05) is 25.1 Å². The van der Waals surface area contributed by atoms with Gasteiger partial charge in [-0.1, -0.05) is 19.1 Å². The molecule has 0 bridgehead atoms. The second-order valence-corrected chi connectivity index (χ2v) is 6.16. The maximum absolute atomic E-state index is 12.3. The van der Waals surface area contributed by atoms with Crippen LogP contribution in [0.2, 0.25) is 0 Å². The Morgan fingerprint density at radius 3 is 2.86 bits per heavy atom. The molecule has 0 atom stereocenters. The molecule has 0 aliphatic carbocycles. The normalized spacial score (nSPS) is 10.5. The second-order valence-electron chi connectivity index (χ2n) is 6.16. The summed E-state index contributed by atoms with van der Waals surface area (Å²) in [6.07, 6.45) is 6.75. The van der Waals surface area contributed by atoms with E-state index in [9.17, 15) is 9.59 Å². The quantitative estimate of drug-likeness (QED) is 0.573. The molecule has 144 valence electrons. The number of nitrogens with two attached hydrogens (primary N) is 1. The number of hydrogen-bond donors (Lipinski definition) is 3. The molecule has 0 radical (unpaired) electrons. The number of carbonyl (C=O) groups excluding carboxylic acids is 2. The molecule has 0 fully saturated rings. The molecule has 3 rings (SSSR count). The van der Waals surface area contributed by atoms with E-state index in [2.05, 4.69) is 25.7 Å². The smallest absolute Gasteiger partial charge is 0.261 e. The van der Waals surface area contributed by atoms with E-state index < -0.39 is 5.91 Å². The summed E-state index contributed by atoms with van der Waals surface area (Å²) in [6.45, 7) is 3.10. The lowest BCUT2D eigenvalue weighted by Crippen LogP contribution is -2.24. The molecular formula is C19H21N7O2. The molecule has 2 heterocycles. The summed E-state index contributed by atoms with van der Waals surface area (Å²) in [5.74, 6) is -0.398. The van der Waals surface area contributed by atoms with Crippen molar-refractivity contribution in [3.63, 3.8) is 0 Å². The van der Waals surface area contributed by atoms with Crippen LogP contribution in [0.25, 0.3) is 0 Å². The van der Waals surface area contributed by atoms with Gasteiger partial charge in [0, 0.05) is 24.5 Å². The summed E-state index contributed by atoms with van der Waals surface area (Å²) in [7, 11) is 0. The van der Waals surface area contributed by atoms with Crippen molar-refractivity contribution >= 4 is 23.3 Å². The number of rotatable bonds is 7. The van der Waals surface area contributed by atoms with Gasteiger partial charge in [-0.2, -0.15) is 5.10 Å². The Balaban J connectivity index is 1.66. The maximum Gasteiger partial charge on any atom is 0.261 e. The van der Waals surface area contributed by atoms with Crippen LogP contribution in [0.5, 0.6) is 0 Å². The van der Waals surface area contributed by atoms with E-state index in [0.29, 0.717) is 24.3 Å². The summed E-state index contributed by atoms with van der Waals surface area (Å²) in [6, 6.07) is 7.35. The molecule has 28 heavy (non-hydrogen) atoms. The number of aromatic nitrogens is 4. The molecule has 2 amide bonds. The number of nitrogen functional groups attached to an aromatic ring is 1. The van der Waals surface area contributed by atoms with E-state index in [1.165, 1.54) is 18.7 Å². The van der Waals surface area contributed by atoms with Crippen LogP contribution >= 0.6 is 0 Å². The Hall–Kier alpha value is -3.75. The highest BCUT2D eigenvalue weighted by Crippen LogP contribution is 2.13. The van der Waals surface area contributed by atoms with Crippen LogP contribution in [0.4, 0.5) is 11.5 Å². The van der Waals surface area contributed by atoms with Gasteiger partial charge in [0.15, 0.2) is 0 Å². The van der Waals surface area contributed by atoms with Gasteiger partial charge in [0.25, 0.3) is 11.8 Å². The minimum atomic E-state index is -0.410. The Morgan fingerprint density at radius 1 is 1.21 bits per heavy atom. The highest BCUT2D eigenvalue weighted by atomic mass is 16.2. The Kier molecular flexibility index (Phi) is 5.95. The third-order valence-corrected chi connectivity index (χ3v) is 3.95. The number of nitrogens with one attached hydrogen (secondary N) is 2. The van der Waals surface area contributed by atoms with Crippen molar-refractivity contribution in [2.45, 2.75) is 19.9 Å². The first-order chi connectivity index (χ1) is 13.6. The number of anilines is 2. The molecule has 0 aliphatic heterocycles. The first-order valence-electron chi connectivity index (χ1n) is 8.83. The van der Waals surface area contributed by atoms with Crippen LogP contribution in [0.1, 0.15) is 39.6 Å². The van der Waals surface area contributed by atoms with E-state index in [4.69, 9.17) is 5.73 Å². The van der Waals surface area contributed by atoms with Crippen molar-refractivity contribution in [2.24, 2.45) is 0 Å². The van der Waals surface area contributed by atoms with Gasteiger partial charge < -0.3 is 16.4 Å². The number of carbonyl (C=O) groups is 2. The van der Waals surface area contributed by atoms with Crippen LogP contribution < -0.4 is 16.4 Å².